The summed E-state index contributed by atoms with van der Waals surface area (Å²) < 4.78 is 32.2. The summed E-state index contributed by atoms with van der Waals surface area (Å²) in [5.74, 6) is -8.01. The summed E-state index contributed by atoms with van der Waals surface area (Å²) in [5.41, 5.74) is -0.875. The van der Waals surface area contributed by atoms with Gasteiger partial charge in [-0.1, -0.05) is 12.7 Å². The predicted molar refractivity (Wildman–Crippen MR) is 76.6 cm³/mol. The molecule has 0 bridgehead atoms. The number of nitrogens with zero attached hydrogens (tertiary/aromatic N) is 1. The number of hydrogen-bond donors (Lipinski definition) is 0. The Bertz CT molecular complexity index is 759. The number of imide groups is 1. The molecule has 1 aliphatic heterocycles. The van der Waals surface area contributed by atoms with Gasteiger partial charge >= 0.3 is 5.97 Å². The molecule has 1 unspecified atom stereocenters. The topological polar surface area (TPSA) is 80.8 Å². The summed E-state index contributed by atoms with van der Waals surface area (Å²) in [4.78, 5) is 48.6. The fourth-order valence-electron chi connectivity index (χ4n) is 2.34. The molecule has 8 heteroatoms. The molecular formula is C16H13F2NO5. The van der Waals surface area contributed by atoms with Crippen molar-refractivity contribution < 1.29 is 32.7 Å². The van der Waals surface area contributed by atoms with Gasteiger partial charge in [0, 0.05) is 5.56 Å². The van der Waals surface area contributed by atoms with Crippen LogP contribution in [0.3, 0.4) is 0 Å². The molecule has 0 saturated heterocycles. The van der Waals surface area contributed by atoms with Gasteiger partial charge in [-0.3, -0.25) is 24.1 Å². The van der Waals surface area contributed by atoms with Gasteiger partial charge in [0.1, 0.15) is 18.2 Å². The molecule has 1 heterocycles. The molecular weight excluding hydrogens is 324 g/mol. The van der Waals surface area contributed by atoms with E-state index in [0.29, 0.717) is 4.90 Å². The van der Waals surface area contributed by atoms with Gasteiger partial charge < -0.3 is 4.74 Å². The molecule has 0 spiro atoms. The van der Waals surface area contributed by atoms with Gasteiger partial charge in [0.05, 0.1) is 12.1 Å². The van der Waals surface area contributed by atoms with Crippen LogP contribution in [0.1, 0.15) is 22.8 Å². The van der Waals surface area contributed by atoms with Crippen LogP contribution in [0.4, 0.5) is 8.78 Å². The molecule has 0 N–H and O–H groups in total. The molecule has 2 amide bonds. The van der Waals surface area contributed by atoms with E-state index < -0.39 is 53.2 Å². The first kappa shape index (κ1) is 17.5. The number of halogens is 2. The SMILES string of the molecule is C=CCOC(=O)C(C(C)=O)C(=O)N1Cc2c(F)ccc(F)c2C1=O. The van der Waals surface area contributed by atoms with Crippen LogP contribution < -0.4 is 0 Å². The zero-order valence-corrected chi connectivity index (χ0v) is 12.7. The minimum Gasteiger partial charge on any atom is -0.461 e. The second kappa shape index (κ2) is 6.69. The van der Waals surface area contributed by atoms with E-state index in [1.54, 1.807) is 0 Å². The zero-order valence-electron chi connectivity index (χ0n) is 12.7. The van der Waals surface area contributed by atoms with Crippen LogP contribution in [0.2, 0.25) is 0 Å². The van der Waals surface area contributed by atoms with Crippen molar-refractivity contribution in [3.8, 4) is 0 Å². The van der Waals surface area contributed by atoms with E-state index in [0.717, 1.165) is 19.1 Å². The zero-order chi connectivity index (χ0) is 18.0. The van der Waals surface area contributed by atoms with Crippen LogP contribution in [-0.2, 0) is 25.7 Å². The van der Waals surface area contributed by atoms with E-state index in [-0.39, 0.29) is 12.2 Å². The third kappa shape index (κ3) is 2.94. The van der Waals surface area contributed by atoms with E-state index in [4.69, 9.17) is 0 Å². The maximum atomic E-state index is 13.7. The molecule has 1 atom stereocenters. The van der Waals surface area contributed by atoms with E-state index in [2.05, 4.69) is 11.3 Å². The summed E-state index contributed by atoms with van der Waals surface area (Å²) in [5, 5.41) is 0. The number of ether oxygens (including phenoxy) is 1. The highest BCUT2D eigenvalue weighted by Crippen LogP contribution is 2.29. The van der Waals surface area contributed by atoms with Crippen LogP contribution >= 0.6 is 0 Å². The van der Waals surface area contributed by atoms with Gasteiger partial charge in [0.25, 0.3) is 11.8 Å². The summed E-state index contributed by atoms with van der Waals surface area (Å²) in [6.07, 6.45) is 1.24. The predicted octanol–water partition coefficient (Wildman–Crippen LogP) is 1.38. The Labute approximate surface area is 135 Å². The van der Waals surface area contributed by atoms with Crippen LogP contribution in [0, 0.1) is 17.6 Å². The number of benzene rings is 1. The largest absolute Gasteiger partial charge is 0.461 e. The third-order valence-electron chi connectivity index (χ3n) is 3.48. The maximum Gasteiger partial charge on any atom is 0.326 e. The average molecular weight is 337 g/mol. The second-order valence-electron chi connectivity index (χ2n) is 5.07. The minimum atomic E-state index is -1.88. The molecule has 1 aliphatic rings. The molecule has 0 radical (unpaired) electrons. The summed E-state index contributed by atoms with van der Waals surface area (Å²) in [6.45, 7) is 3.51. The normalized spacial score (nSPS) is 14.1. The van der Waals surface area contributed by atoms with Gasteiger partial charge in [-0.05, 0) is 19.1 Å². The number of hydrogen-bond acceptors (Lipinski definition) is 5. The molecule has 1 aromatic carbocycles. The fraction of sp³-hybridized carbons (Fsp3) is 0.250. The first-order valence-corrected chi connectivity index (χ1v) is 6.90. The number of fused-ring (bicyclic) bond motifs is 1. The molecule has 0 aromatic heterocycles. The molecule has 0 fully saturated rings. The standard InChI is InChI=1S/C16H13F2NO5/c1-3-6-24-16(23)12(8(2)20)14(21)19-7-9-10(17)4-5-11(18)13(9)15(19)22/h3-5,12H,1,6-7H2,2H3. The molecule has 126 valence electrons. The molecule has 1 aromatic rings. The van der Waals surface area contributed by atoms with Gasteiger partial charge in [-0.2, -0.15) is 0 Å². The molecule has 6 nitrogen and oxygen atoms in total. The molecule has 2 rings (SSSR count). The average Bonchev–Trinajstić information content (AvgIpc) is 2.87. The summed E-state index contributed by atoms with van der Waals surface area (Å²) in [6, 6.07) is 1.59. The van der Waals surface area contributed by atoms with E-state index >= 15 is 0 Å². The number of esters is 1. The molecule has 0 saturated carbocycles. The Morgan fingerprint density at radius 2 is 1.96 bits per heavy atom. The van der Waals surface area contributed by atoms with Gasteiger partial charge in [0.2, 0.25) is 0 Å². The molecule has 0 aliphatic carbocycles. The van der Waals surface area contributed by atoms with Crippen molar-refractivity contribution in [2.24, 2.45) is 5.92 Å². The van der Waals surface area contributed by atoms with Gasteiger partial charge in [-0.15, -0.1) is 0 Å². The quantitative estimate of drug-likeness (QED) is 0.461. The maximum absolute atomic E-state index is 13.7. The smallest absolute Gasteiger partial charge is 0.326 e. The van der Waals surface area contributed by atoms with E-state index in [1.807, 2.05) is 0 Å². The first-order chi connectivity index (χ1) is 11.3. The summed E-state index contributed by atoms with van der Waals surface area (Å²) in [7, 11) is 0. The Hall–Kier alpha value is -2.90. The van der Waals surface area contributed by atoms with E-state index in [9.17, 15) is 28.0 Å². The Balaban J connectivity index is 2.33. The first-order valence-electron chi connectivity index (χ1n) is 6.90. The highest BCUT2D eigenvalue weighted by Gasteiger charge is 2.43. The number of amides is 2. The second-order valence-corrected chi connectivity index (χ2v) is 5.07. The Kier molecular flexibility index (Phi) is 4.87. The van der Waals surface area contributed by atoms with Crippen molar-refractivity contribution in [2.75, 3.05) is 6.61 Å². The molecule has 24 heavy (non-hydrogen) atoms. The van der Waals surface area contributed by atoms with Crippen molar-refractivity contribution in [2.45, 2.75) is 13.5 Å². The Morgan fingerprint density at radius 1 is 1.33 bits per heavy atom. The summed E-state index contributed by atoms with van der Waals surface area (Å²) >= 11 is 0. The highest BCUT2D eigenvalue weighted by atomic mass is 19.1. The fourth-order valence-corrected chi connectivity index (χ4v) is 2.34. The number of rotatable bonds is 5. The lowest BCUT2D eigenvalue weighted by Gasteiger charge is -2.18. The number of carbonyl (C=O) groups excluding carboxylic acids is 4. The van der Waals surface area contributed by atoms with Gasteiger partial charge in [0.15, 0.2) is 11.7 Å². The lowest BCUT2D eigenvalue weighted by molar-refractivity contribution is -0.156. The number of ketones is 1. The number of carbonyl (C=O) groups is 4. The van der Waals surface area contributed by atoms with Crippen LogP contribution in [0.15, 0.2) is 24.8 Å². The highest BCUT2D eigenvalue weighted by molar-refractivity contribution is 6.21. The van der Waals surface area contributed by atoms with Crippen molar-refractivity contribution in [1.29, 1.82) is 0 Å². The van der Waals surface area contributed by atoms with Crippen molar-refractivity contribution in [3.63, 3.8) is 0 Å². The monoisotopic (exact) mass is 337 g/mol. The minimum absolute atomic E-state index is 0.229. The van der Waals surface area contributed by atoms with Crippen LogP contribution in [0.5, 0.6) is 0 Å². The Morgan fingerprint density at radius 3 is 2.50 bits per heavy atom. The third-order valence-corrected chi connectivity index (χ3v) is 3.48. The van der Waals surface area contributed by atoms with Crippen LogP contribution in [-0.4, -0.2) is 35.1 Å². The van der Waals surface area contributed by atoms with Crippen LogP contribution in [0.25, 0.3) is 0 Å². The van der Waals surface area contributed by atoms with Gasteiger partial charge in [-0.25, -0.2) is 8.78 Å². The van der Waals surface area contributed by atoms with Crippen molar-refractivity contribution >= 4 is 23.6 Å². The lowest BCUT2D eigenvalue weighted by Crippen LogP contribution is -2.43. The lowest BCUT2D eigenvalue weighted by atomic mass is 10.0. The van der Waals surface area contributed by atoms with E-state index in [1.165, 1.54) is 6.08 Å². The number of Topliss-reactive ketones (excluding diaryl/α,β-unsaturated/α-hetero) is 1. The van der Waals surface area contributed by atoms with Crippen molar-refractivity contribution in [1.82, 2.24) is 4.90 Å². The van der Waals surface area contributed by atoms with Crippen molar-refractivity contribution in [3.05, 3.63) is 47.5 Å².